The molecule has 14 heavy (non-hydrogen) atoms. The second-order valence-electron chi connectivity index (χ2n) is 3.55. The fraction of sp³-hybridized carbons (Fsp3) is 0.250. The lowest BCUT2D eigenvalue weighted by atomic mass is 10.1. The molecule has 0 amide bonds. The number of hydrogen-bond acceptors (Lipinski definition) is 1. The van der Waals surface area contributed by atoms with E-state index < -0.39 is 5.97 Å². The van der Waals surface area contributed by atoms with Crippen molar-refractivity contribution in [3.8, 4) is 0 Å². The maximum atomic E-state index is 10.3. The molecule has 0 unspecified atom stereocenters. The van der Waals surface area contributed by atoms with Crippen LogP contribution in [0.2, 0.25) is 0 Å². The zero-order chi connectivity index (χ0) is 9.97. The summed E-state index contributed by atoms with van der Waals surface area (Å²) in [5, 5.41) is 8.48. The van der Waals surface area contributed by atoms with Gasteiger partial charge in [0.25, 0.3) is 0 Å². The van der Waals surface area contributed by atoms with Gasteiger partial charge in [-0.15, -0.1) is 0 Å². The lowest BCUT2D eigenvalue weighted by Crippen LogP contribution is -1.87. The average Bonchev–Trinajstić information content (AvgIpc) is 2.61. The van der Waals surface area contributed by atoms with E-state index in [-0.39, 0.29) is 0 Å². The molecule has 0 atom stereocenters. The molecule has 2 rings (SSSR count). The van der Waals surface area contributed by atoms with Gasteiger partial charge in [-0.1, -0.05) is 18.2 Å². The van der Waals surface area contributed by atoms with Crippen LogP contribution in [0.25, 0.3) is 6.08 Å². The number of carboxylic acids is 1. The highest BCUT2D eigenvalue weighted by atomic mass is 16.4. The summed E-state index contributed by atoms with van der Waals surface area (Å²) in [6, 6.07) is 6.16. The summed E-state index contributed by atoms with van der Waals surface area (Å²) < 4.78 is 0. The first-order valence-corrected chi connectivity index (χ1v) is 4.78. The number of rotatable bonds is 2. The van der Waals surface area contributed by atoms with Crippen molar-refractivity contribution >= 4 is 12.0 Å². The maximum absolute atomic E-state index is 10.3. The molecule has 0 aromatic heterocycles. The average molecular weight is 188 g/mol. The molecule has 2 nitrogen and oxygen atoms in total. The normalized spacial score (nSPS) is 14.6. The Morgan fingerprint density at radius 3 is 2.86 bits per heavy atom. The van der Waals surface area contributed by atoms with Gasteiger partial charge in [-0.25, -0.2) is 4.79 Å². The predicted octanol–water partition coefficient (Wildman–Crippen LogP) is 2.27. The molecule has 72 valence electrons. The van der Waals surface area contributed by atoms with Gasteiger partial charge < -0.3 is 5.11 Å². The zero-order valence-corrected chi connectivity index (χ0v) is 7.86. The number of carbonyl (C=O) groups is 1. The second kappa shape index (κ2) is 3.66. The SMILES string of the molecule is O=C(O)/C=C/c1ccc2c(c1)CCC2. The standard InChI is InChI=1S/C12H12O2/c13-12(14)7-5-9-4-6-10-2-1-3-11(10)8-9/h4-8H,1-3H2,(H,13,14)/b7-5+. The van der Waals surface area contributed by atoms with Crippen molar-refractivity contribution in [1.29, 1.82) is 0 Å². The third-order valence-corrected chi connectivity index (χ3v) is 2.54. The Morgan fingerprint density at radius 1 is 1.29 bits per heavy atom. The maximum Gasteiger partial charge on any atom is 0.328 e. The minimum atomic E-state index is -0.898. The minimum absolute atomic E-state index is 0.898. The molecular weight excluding hydrogens is 176 g/mol. The van der Waals surface area contributed by atoms with Crippen LogP contribution in [0.4, 0.5) is 0 Å². The Balaban J connectivity index is 2.25. The summed E-state index contributed by atoms with van der Waals surface area (Å²) >= 11 is 0. The van der Waals surface area contributed by atoms with Crippen molar-refractivity contribution in [2.75, 3.05) is 0 Å². The molecule has 2 heteroatoms. The van der Waals surface area contributed by atoms with Crippen molar-refractivity contribution in [2.45, 2.75) is 19.3 Å². The van der Waals surface area contributed by atoms with Gasteiger partial charge >= 0.3 is 5.97 Å². The van der Waals surface area contributed by atoms with E-state index in [9.17, 15) is 4.79 Å². The third-order valence-electron chi connectivity index (χ3n) is 2.54. The first-order valence-electron chi connectivity index (χ1n) is 4.78. The highest BCUT2D eigenvalue weighted by molar-refractivity contribution is 5.85. The van der Waals surface area contributed by atoms with E-state index in [0.29, 0.717) is 0 Å². The zero-order valence-electron chi connectivity index (χ0n) is 7.86. The van der Waals surface area contributed by atoms with Crippen LogP contribution < -0.4 is 0 Å². The molecule has 1 aromatic rings. The smallest absolute Gasteiger partial charge is 0.328 e. The van der Waals surface area contributed by atoms with Gasteiger partial charge in [0.05, 0.1) is 0 Å². The summed E-state index contributed by atoms with van der Waals surface area (Å²) in [6.45, 7) is 0. The van der Waals surface area contributed by atoms with Crippen LogP contribution in [0.1, 0.15) is 23.1 Å². The highest BCUT2D eigenvalue weighted by Gasteiger charge is 2.09. The fourth-order valence-corrected chi connectivity index (χ4v) is 1.86. The Morgan fingerprint density at radius 2 is 2.07 bits per heavy atom. The molecule has 0 fully saturated rings. The van der Waals surface area contributed by atoms with E-state index in [4.69, 9.17) is 5.11 Å². The number of aryl methyl sites for hydroxylation is 2. The first kappa shape index (κ1) is 9.00. The molecule has 0 saturated carbocycles. The number of benzene rings is 1. The highest BCUT2D eigenvalue weighted by Crippen LogP contribution is 2.23. The van der Waals surface area contributed by atoms with Gasteiger partial charge in [0.2, 0.25) is 0 Å². The number of hydrogen-bond donors (Lipinski definition) is 1. The lowest BCUT2D eigenvalue weighted by molar-refractivity contribution is -0.131. The third kappa shape index (κ3) is 1.84. The van der Waals surface area contributed by atoms with Gasteiger partial charge in [0.15, 0.2) is 0 Å². The second-order valence-corrected chi connectivity index (χ2v) is 3.55. The first-order chi connectivity index (χ1) is 6.75. The van der Waals surface area contributed by atoms with Crippen LogP contribution in [-0.2, 0) is 17.6 Å². The predicted molar refractivity (Wildman–Crippen MR) is 55.1 cm³/mol. The Hall–Kier alpha value is -1.57. The molecule has 1 N–H and O–H groups in total. The summed E-state index contributed by atoms with van der Waals surface area (Å²) in [5.41, 5.74) is 3.77. The van der Waals surface area contributed by atoms with Crippen LogP contribution >= 0.6 is 0 Å². The number of carboxylic acid groups (broad SMARTS) is 1. The molecule has 0 bridgehead atoms. The van der Waals surface area contributed by atoms with Crippen molar-refractivity contribution in [2.24, 2.45) is 0 Å². The molecule has 1 aliphatic rings. The molecule has 1 aromatic carbocycles. The molecule has 0 radical (unpaired) electrons. The Bertz CT molecular complexity index is 391. The fourth-order valence-electron chi connectivity index (χ4n) is 1.86. The van der Waals surface area contributed by atoms with E-state index in [1.807, 2.05) is 6.07 Å². The van der Waals surface area contributed by atoms with Gasteiger partial charge in [-0.05, 0) is 42.0 Å². The number of fused-ring (bicyclic) bond motifs is 1. The van der Waals surface area contributed by atoms with Crippen LogP contribution in [0, 0.1) is 0 Å². The largest absolute Gasteiger partial charge is 0.478 e. The van der Waals surface area contributed by atoms with Gasteiger partial charge in [-0.2, -0.15) is 0 Å². The molecule has 0 aliphatic heterocycles. The van der Waals surface area contributed by atoms with Crippen molar-refractivity contribution < 1.29 is 9.90 Å². The van der Waals surface area contributed by atoms with Gasteiger partial charge in [0.1, 0.15) is 0 Å². The van der Waals surface area contributed by atoms with Crippen LogP contribution in [0.3, 0.4) is 0 Å². The van der Waals surface area contributed by atoms with Crippen molar-refractivity contribution in [3.63, 3.8) is 0 Å². The summed E-state index contributed by atoms with van der Waals surface area (Å²) in [6.07, 6.45) is 6.33. The molecular formula is C12H12O2. The lowest BCUT2D eigenvalue weighted by Gasteiger charge is -1.99. The van der Waals surface area contributed by atoms with Crippen LogP contribution in [-0.4, -0.2) is 11.1 Å². The molecule has 0 spiro atoms. The van der Waals surface area contributed by atoms with E-state index >= 15 is 0 Å². The van der Waals surface area contributed by atoms with Crippen LogP contribution in [0.15, 0.2) is 24.3 Å². The van der Waals surface area contributed by atoms with Crippen LogP contribution in [0.5, 0.6) is 0 Å². The molecule has 0 saturated heterocycles. The summed E-state index contributed by atoms with van der Waals surface area (Å²) in [4.78, 5) is 10.3. The molecule has 1 aliphatic carbocycles. The quantitative estimate of drug-likeness (QED) is 0.723. The summed E-state index contributed by atoms with van der Waals surface area (Å²) in [7, 11) is 0. The van der Waals surface area contributed by atoms with Crippen molar-refractivity contribution in [3.05, 3.63) is 41.0 Å². The van der Waals surface area contributed by atoms with Gasteiger partial charge in [0, 0.05) is 6.08 Å². The topological polar surface area (TPSA) is 37.3 Å². The Labute approximate surface area is 82.9 Å². The molecule has 0 heterocycles. The van der Waals surface area contributed by atoms with Crippen molar-refractivity contribution in [1.82, 2.24) is 0 Å². The monoisotopic (exact) mass is 188 g/mol. The Kier molecular flexibility index (Phi) is 2.35. The van der Waals surface area contributed by atoms with E-state index in [0.717, 1.165) is 18.4 Å². The number of aliphatic carboxylic acids is 1. The van der Waals surface area contributed by atoms with E-state index in [1.54, 1.807) is 6.08 Å². The van der Waals surface area contributed by atoms with E-state index in [2.05, 4.69) is 12.1 Å². The van der Waals surface area contributed by atoms with Gasteiger partial charge in [-0.3, -0.25) is 0 Å². The van der Waals surface area contributed by atoms with E-state index in [1.165, 1.54) is 23.6 Å². The minimum Gasteiger partial charge on any atom is -0.478 e. The summed E-state index contributed by atoms with van der Waals surface area (Å²) in [5.74, 6) is -0.898.